The molecule has 1 fully saturated rings. The maximum absolute atomic E-state index is 13.6. The van der Waals surface area contributed by atoms with Crippen LogP contribution in [0.5, 0.6) is 0 Å². The fraction of sp³-hybridized carbons (Fsp3) is 0.407. The fourth-order valence-corrected chi connectivity index (χ4v) is 5.81. The topological polar surface area (TPSA) is 88.9 Å². The first kappa shape index (κ1) is 22.0. The zero-order valence-electron chi connectivity index (χ0n) is 20.4. The molecule has 2 aliphatic heterocycles. The summed E-state index contributed by atoms with van der Waals surface area (Å²) in [5.74, 6) is 0.665. The summed E-state index contributed by atoms with van der Waals surface area (Å²) in [5, 5.41) is 13.9. The molecule has 0 saturated carbocycles. The van der Waals surface area contributed by atoms with Crippen molar-refractivity contribution in [2.75, 3.05) is 11.5 Å². The first-order valence-electron chi connectivity index (χ1n) is 12.4. The van der Waals surface area contributed by atoms with Crippen molar-refractivity contribution in [2.45, 2.75) is 64.8 Å². The SMILES string of the molecule is Cc1cc(C)c2cc(C(c3nnnn3CC3CCCO3)N3c4ccccc4CC3C)c(=O)[nH]c2c1. The molecule has 180 valence electrons. The van der Waals surface area contributed by atoms with Crippen LogP contribution in [0.4, 0.5) is 5.69 Å². The molecule has 0 radical (unpaired) electrons. The van der Waals surface area contributed by atoms with Crippen LogP contribution in [-0.2, 0) is 17.7 Å². The number of H-pyrrole nitrogens is 1. The molecule has 35 heavy (non-hydrogen) atoms. The molecule has 8 nitrogen and oxygen atoms in total. The molecule has 0 aliphatic carbocycles. The first-order chi connectivity index (χ1) is 17.0. The van der Waals surface area contributed by atoms with Crippen molar-refractivity contribution >= 4 is 16.6 Å². The third-order valence-electron chi connectivity index (χ3n) is 7.38. The minimum absolute atomic E-state index is 0.0845. The maximum atomic E-state index is 13.6. The van der Waals surface area contributed by atoms with Crippen LogP contribution in [-0.4, -0.2) is 43.9 Å². The third-order valence-corrected chi connectivity index (χ3v) is 7.38. The van der Waals surface area contributed by atoms with E-state index in [4.69, 9.17) is 4.74 Å². The number of para-hydroxylation sites is 1. The van der Waals surface area contributed by atoms with Crippen molar-refractivity contribution in [3.8, 4) is 0 Å². The van der Waals surface area contributed by atoms with E-state index in [0.717, 1.165) is 53.6 Å². The van der Waals surface area contributed by atoms with E-state index in [2.05, 4.69) is 63.5 Å². The summed E-state index contributed by atoms with van der Waals surface area (Å²) >= 11 is 0. The van der Waals surface area contributed by atoms with Gasteiger partial charge in [-0.25, -0.2) is 4.68 Å². The van der Waals surface area contributed by atoms with E-state index in [1.165, 1.54) is 5.56 Å². The molecule has 1 N–H and O–H groups in total. The van der Waals surface area contributed by atoms with Gasteiger partial charge in [0.15, 0.2) is 5.82 Å². The molecule has 0 amide bonds. The van der Waals surface area contributed by atoms with Gasteiger partial charge in [-0.15, -0.1) is 5.10 Å². The van der Waals surface area contributed by atoms with E-state index in [0.29, 0.717) is 17.9 Å². The Bertz CT molecular complexity index is 1450. The highest BCUT2D eigenvalue weighted by Gasteiger charge is 2.38. The number of rotatable bonds is 5. The highest BCUT2D eigenvalue weighted by Crippen LogP contribution is 2.41. The summed E-state index contributed by atoms with van der Waals surface area (Å²) < 4.78 is 7.71. The molecule has 2 aromatic carbocycles. The molecule has 3 unspecified atom stereocenters. The summed E-state index contributed by atoms with van der Waals surface area (Å²) in [5.41, 5.74) is 6.03. The Morgan fingerprint density at radius 2 is 2.06 bits per heavy atom. The second-order valence-electron chi connectivity index (χ2n) is 9.94. The molecule has 4 heterocycles. The van der Waals surface area contributed by atoms with Crippen molar-refractivity contribution in [1.29, 1.82) is 0 Å². The van der Waals surface area contributed by atoms with Gasteiger partial charge in [0.25, 0.3) is 5.56 Å². The Morgan fingerprint density at radius 1 is 1.20 bits per heavy atom. The number of hydrogen-bond donors (Lipinski definition) is 1. The van der Waals surface area contributed by atoms with E-state index < -0.39 is 6.04 Å². The number of anilines is 1. The number of nitrogens with one attached hydrogen (secondary N) is 1. The monoisotopic (exact) mass is 470 g/mol. The van der Waals surface area contributed by atoms with Gasteiger partial charge in [0, 0.05) is 34.8 Å². The Morgan fingerprint density at radius 3 is 2.89 bits per heavy atom. The smallest absolute Gasteiger partial charge is 0.254 e. The van der Waals surface area contributed by atoms with Gasteiger partial charge in [-0.2, -0.15) is 0 Å². The zero-order valence-corrected chi connectivity index (χ0v) is 20.4. The summed E-state index contributed by atoms with van der Waals surface area (Å²) in [6.45, 7) is 7.67. The number of aromatic nitrogens is 5. The first-order valence-corrected chi connectivity index (χ1v) is 12.4. The van der Waals surface area contributed by atoms with Crippen LogP contribution < -0.4 is 10.5 Å². The number of benzene rings is 2. The minimum atomic E-state index is -0.432. The lowest BCUT2D eigenvalue weighted by Crippen LogP contribution is -2.39. The average molecular weight is 471 g/mol. The quantitative estimate of drug-likeness (QED) is 0.477. The van der Waals surface area contributed by atoms with Crippen LogP contribution in [0, 0.1) is 13.8 Å². The summed E-state index contributed by atoms with van der Waals surface area (Å²) in [6, 6.07) is 14.4. The number of aryl methyl sites for hydroxylation is 2. The number of hydrogen-bond acceptors (Lipinski definition) is 6. The number of tetrazole rings is 1. The molecular formula is C27H30N6O2. The molecule has 4 aromatic rings. The molecule has 2 aliphatic rings. The van der Waals surface area contributed by atoms with E-state index in [1.54, 1.807) is 0 Å². The van der Waals surface area contributed by atoms with E-state index in [-0.39, 0.29) is 17.7 Å². The van der Waals surface area contributed by atoms with Crippen LogP contribution in [0.1, 0.15) is 53.9 Å². The Kier molecular flexibility index (Phi) is 5.40. The van der Waals surface area contributed by atoms with Gasteiger partial charge in [0.05, 0.1) is 12.6 Å². The van der Waals surface area contributed by atoms with Gasteiger partial charge < -0.3 is 14.6 Å². The van der Waals surface area contributed by atoms with Crippen LogP contribution in [0.3, 0.4) is 0 Å². The molecule has 2 aromatic heterocycles. The predicted molar refractivity (Wildman–Crippen MR) is 135 cm³/mol. The number of pyridine rings is 1. The summed E-state index contributed by atoms with van der Waals surface area (Å²) in [7, 11) is 0. The lowest BCUT2D eigenvalue weighted by Gasteiger charge is -2.33. The lowest BCUT2D eigenvalue weighted by atomic mass is 9.99. The molecule has 1 saturated heterocycles. The third kappa shape index (κ3) is 3.82. The molecule has 0 spiro atoms. The highest BCUT2D eigenvalue weighted by atomic mass is 16.5. The van der Waals surface area contributed by atoms with Gasteiger partial charge in [-0.1, -0.05) is 24.3 Å². The van der Waals surface area contributed by atoms with Crippen LogP contribution >= 0.6 is 0 Å². The Labute approximate surface area is 203 Å². The zero-order chi connectivity index (χ0) is 24.1. The Balaban J connectivity index is 1.55. The van der Waals surface area contributed by atoms with Gasteiger partial charge in [0.1, 0.15) is 6.04 Å². The van der Waals surface area contributed by atoms with Crippen LogP contribution in [0.25, 0.3) is 10.9 Å². The largest absolute Gasteiger partial charge is 0.376 e. The maximum Gasteiger partial charge on any atom is 0.254 e. The van der Waals surface area contributed by atoms with E-state index >= 15 is 0 Å². The van der Waals surface area contributed by atoms with E-state index in [9.17, 15) is 4.79 Å². The van der Waals surface area contributed by atoms with E-state index in [1.807, 2.05) is 29.8 Å². The standard InChI is InChI=1S/C27H30N6O2/c1-16-11-17(2)21-14-22(27(34)28-23(21)12-16)25(33-18(3)13-19-7-4-5-9-24(19)33)26-29-30-31-32(26)15-20-8-6-10-35-20/h4-5,7,9,11-12,14,18,20,25H,6,8,10,13,15H2,1-3H3,(H,28,34). The molecule has 6 rings (SSSR count). The van der Waals surface area contributed by atoms with Crippen molar-refractivity contribution in [3.05, 3.63) is 80.9 Å². The summed E-state index contributed by atoms with van der Waals surface area (Å²) in [4.78, 5) is 19.1. The van der Waals surface area contributed by atoms with Gasteiger partial charge >= 0.3 is 0 Å². The average Bonchev–Trinajstić information content (AvgIpc) is 3.56. The van der Waals surface area contributed by atoms with Crippen molar-refractivity contribution in [3.63, 3.8) is 0 Å². The van der Waals surface area contributed by atoms with Crippen molar-refractivity contribution < 1.29 is 4.74 Å². The number of nitrogens with zero attached hydrogens (tertiary/aromatic N) is 5. The predicted octanol–water partition coefficient (Wildman–Crippen LogP) is 3.85. The lowest BCUT2D eigenvalue weighted by molar-refractivity contribution is 0.0924. The molecular weight excluding hydrogens is 440 g/mol. The molecule has 3 atom stereocenters. The van der Waals surface area contributed by atoms with Crippen molar-refractivity contribution in [1.82, 2.24) is 25.2 Å². The summed E-state index contributed by atoms with van der Waals surface area (Å²) in [6.07, 6.45) is 3.03. The molecule has 8 heteroatoms. The Hall–Kier alpha value is -3.52. The normalized spacial score (nSPS) is 20.5. The van der Waals surface area contributed by atoms with Crippen LogP contribution in [0.2, 0.25) is 0 Å². The van der Waals surface area contributed by atoms with Crippen LogP contribution in [0.15, 0.2) is 47.3 Å². The second kappa shape index (κ2) is 8.61. The molecule has 0 bridgehead atoms. The highest BCUT2D eigenvalue weighted by molar-refractivity contribution is 5.83. The van der Waals surface area contributed by atoms with Gasteiger partial charge in [0.2, 0.25) is 0 Å². The van der Waals surface area contributed by atoms with Gasteiger partial charge in [-0.3, -0.25) is 4.79 Å². The number of fused-ring (bicyclic) bond motifs is 2. The fourth-order valence-electron chi connectivity index (χ4n) is 5.81. The van der Waals surface area contributed by atoms with Crippen molar-refractivity contribution in [2.24, 2.45) is 0 Å². The number of ether oxygens (including phenoxy) is 1. The minimum Gasteiger partial charge on any atom is -0.376 e. The second-order valence-corrected chi connectivity index (χ2v) is 9.94. The van der Waals surface area contributed by atoms with Gasteiger partial charge in [-0.05, 0) is 85.3 Å². The number of aromatic amines is 1.